The zero-order valence-electron chi connectivity index (χ0n) is 20.0. The molecule has 1 aliphatic heterocycles. The van der Waals surface area contributed by atoms with Gasteiger partial charge in [-0.1, -0.05) is 40.9 Å². The van der Waals surface area contributed by atoms with Crippen LogP contribution in [0.5, 0.6) is 0 Å². The predicted molar refractivity (Wildman–Crippen MR) is 140 cm³/mol. The Kier molecular flexibility index (Phi) is 10.6. The first-order valence-electron chi connectivity index (χ1n) is 11.5. The molecule has 1 heterocycles. The van der Waals surface area contributed by atoms with Gasteiger partial charge in [-0.2, -0.15) is 0 Å². The van der Waals surface area contributed by atoms with E-state index in [1.54, 1.807) is 32.3 Å². The molecule has 0 aliphatic carbocycles. The Labute approximate surface area is 221 Å². The van der Waals surface area contributed by atoms with Crippen molar-refractivity contribution in [3.63, 3.8) is 0 Å². The maximum absolute atomic E-state index is 12.8. The van der Waals surface area contributed by atoms with Crippen molar-refractivity contribution >= 4 is 46.6 Å². The second kappa shape index (κ2) is 13.4. The minimum Gasteiger partial charge on any atom is -0.367 e. The van der Waals surface area contributed by atoms with Gasteiger partial charge in [0.2, 0.25) is 5.91 Å². The van der Waals surface area contributed by atoms with Gasteiger partial charge in [-0.25, -0.2) is 0 Å². The third-order valence-electron chi connectivity index (χ3n) is 5.86. The molecule has 1 aliphatic rings. The number of rotatable bonds is 10. The summed E-state index contributed by atoms with van der Waals surface area (Å²) in [6.45, 7) is 5.95. The number of hydrogen-bond donors (Lipinski definition) is 1. The van der Waals surface area contributed by atoms with Crippen LogP contribution in [0.4, 0.5) is 0 Å². The Hall–Kier alpha value is -1.87. The number of benzene rings is 2. The fraction of sp³-hybridized carbons (Fsp3) is 0.440. The molecule has 1 fully saturated rings. The molecule has 1 saturated heterocycles. The van der Waals surface area contributed by atoms with Crippen LogP contribution in [-0.2, 0) is 22.7 Å². The Balaban J connectivity index is 1.42. The van der Waals surface area contributed by atoms with Crippen LogP contribution < -0.4 is 5.32 Å². The summed E-state index contributed by atoms with van der Waals surface area (Å²) in [5.41, 5.74) is 2.30. The van der Waals surface area contributed by atoms with Crippen molar-refractivity contribution in [2.75, 3.05) is 60.0 Å². The molecule has 2 aromatic carbocycles. The lowest BCUT2D eigenvalue weighted by Crippen LogP contribution is -2.48. The van der Waals surface area contributed by atoms with Gasteiger partial charge >= 0.3 is 0 Å². The second-order valence-corrected chi connectivity index (χ2v) is 9.96. The van der Waals surface area contributed by atoms with Gasteiger partial charge in [0.15, 0.2) is 0 Å². The molecule has 0 radical (unpaired) electrons. The van der Waals surface area contributed by atoms with Crippen molar-refractivity contribution in [3.05, 3.63) is 68.2 Å². The average Bonchev–Trinajstić information content (AvgIpc) is 2.82. The Morgan fingerprint density at radius 2 is 1.69 bits per heavy atom. The number of hydrogen-bond acceptors (Lipinski definition) is 5. The van der Waals surface area contributed by atoms with E-state index in [2.05, 4.69) is 15.1 Å². The molecular weight excluding hydrogens is 511 g/mol. The topological polar surface area (TPSA) is 65.1 Å². The zero-order chi connectivity index (χ0) is 25.4. The number of nitrogens with one attached hydrogen (secondary N) is 1. The van der Waals surface area contributed by atoms with Crippen LogP contribution in [0.25, 0.3) is 0 Å². The van der Waals surface area contributed by atoms with Crippen molar-refractivity contribution in [2.24, 2.45) is 0 Å². The summed E-state index contributed by atoms with van der Waals surface area (Å²) in [5, 5.41) is 4.65. The van der Waals surface area contributed by atoms with Crippen molar-refractivity contribution < 1.29 is 14.3 Å². The maximum Gasteiger partial charge on any atom is 0.251 e. The van der Waals surface area contributed by atoms with Crippen LogP contribution in [0.15, 0.2) is 36.4 Å². The predicted octanol–water partition coefficient (Wildman–Crippen LogP) is 3.80. The number of amides is 2. The SMILES string of the molecule is CN(C)C(=O)COCc1cc(Cl)ccc1C(=O)NCCN1CCN(Cc2ccc(Cl)c(Cl)c2)CC1. The fourth-order valence-corrected chi connectivity index (χ4v) is 4.29. The van der Waals surface area contributed by atoms with Gasteiger partial charge in [0.05, 0.1) is 16.7 Å². The van der Waals surface area contributed by atoms with Gasteiger partial charge in [0.1, 0.15) is 6.61 Å². The molecule has 2 amide bonds. The third-order valence-corrected chi connectivity index (χ3v) is 6.84. The van der Waals surface area contributed by atoms with Gasteiger partial charge in [-0.05, 0) is 41.5 Å². The van der Waals surface area contributed by atoms with Crippen LogP contribution >= 0.6 is 34.8 Å². The van der Waals surface area contributed by atoms with E-state index in [4.69, 9.17) is 39.5 Å². The van der Waals surface area contributed by atoms with E-state index in [0.29, 0.717) is 32.7 Å². The van der Waals surface area contributed by atoms with E-state index < -0.39 is 0 Å². The average molecular weight is 542 g/mol. The van der Waals surface area contributed by atoms with Crippen LogP contribution in [-0.4, -0.2) is 86.5 Å². The highest BCUT2D eigenvalue weighted by Crippen LogP contribution is 2.23. The minimum atomic E-state index is -0.183. The minimum absolute atomic E-state index is 0.0579. The van der Waals surface area contributed by atoms with Crippen LogP contribution in [0.3, 0.4) is 0 Å². The van der Waals surface area contributed by atoms with Gasteiger partial charge < -0.3 is 15.0 Å². The summed E-state index contributed by atoms with van der Waals surface area (Å²) in [5.74, 6) is -0.326. The van der Waals surface area contributed by atoms with Crippen molar-refractivity contribution in [1.29, 1.82) is 0 Å². The molecule has 0 saturated carbocycles. The van der Waals surface area contributed by atoms with Crippen molar-refractivity contribution in [2.45, 2.75) is 13.2 Å². The molecule has 7 nitrogen and oxygen atoms in total. The lowest BCUT2D eigenvalue weighted by Gasteiger charge is -2.34. The van der Waals surface area contributed by atoms with Crippen molar-refractivity contribution in [1.82, 2.24) is 20.0 Å². The summed E-state index contributed by atoms with van der Waals surface area (Å²) >= 11 is 18.2. The molecule has 1 N–H and O–H groups in total. The molecule has 0 spiro atoms. The van der Waals surface area contributed by atoms with E-state index in [9.17, 15) is 9.59 Å². The number of halogens is 3. The van der Waals surface area contributed by atoms with Crippen molar-refractivity contribution in [3.8, 4) is 0 Å². The molecule has 0 aromatic heterocycles. The summed E-state index contributed by atoms with van der Waals surface area (Å²) in [6, 6.07) is 10.8. The number of ether oxygens (including phenoxy) is 1. The molecule has 0 unspecified atom stereocenters. The number of carbonyl (C=O) groups excluding carboxylic acids is 2. The lowest BCUT2D eigenvalue weighted by molar-refractivity contribution is -0.133. The molecule has 35 heavy (non-hydrogen) atoms. The number of carbonyl (C=O) groups is 2. The molecule has 190 valence electrons. The highest BCUT2D eigenvalue weighted by Gasteiger charge is 2.18. The first-order valence-corrected chi connectivity index (χ1v) is 12.6. The monoisotopic (exact) mass is 540 g/mol. The Morgan fingerprint density at radius 3 is 2.37 bits per heavy atom. The van der Waals surface area contributed by atoms with Crippen LogP contribution in [0.1, 0.15) is 21.5 Å². The smallest absolute Gasteiger partial charge is 0.251 e. The molecular formula is C25H31Cl3N4O3. The summed E-state index contributed by atoms with van der Waals surface area (Å²) < 4.78 is 5.50. The van der Waals surface area contributed by atoms with Crippen LogP contribution in [0, 0.1) is 0 Å². The van der Waals surface area contributed by atoms with E-state index in [-0.39, 0.29) is 25.0 Å². The van der Waals surface area contributed by atoms with Gasteiger partial charge in [-0.3, -0.25) is 19.4 Å². The first kappa shape index (κ1) is 27.7. The lowest BCUT2D eigenvalue weighted by atomic mass is 10.1. The fourth-order valence-electron chi connectivity index (χ4n) is 3.77. The van der Waals surface area contributed by atoms with E-state index in [1.807, 2.05) is 18.2 Å². The molecule has 0 atom stereocenters. The number of likely N-dealkylation sites (N-methyl/N-ethyl adjacent to an activating group) is 1. The number of piperazine rings is 1. The largest absolute Gasteiger partial charge is 0.367 e. The standard InChI is InChI=1S/C25H31Cl3N4O3/c1-30(2)24(33)17-35-16-19-14-20(26)4-5-21(19)25(34)29-7-8-31-9-11-32(12-10-31)15-18-3-6-22(27)23(28)13-18/h3-6,13-14H,7-12,15-17H2,1-2H3,(H,29,34). The highest BCUT2D eigenvalue weighted by atomic mass is 35.5. The highest BCUT2D eigenvalue weighted by molar-refractivity contribution is 6.42. The Bertz CT molecular complexity index is 1030. The molecule has 2 aromatic rings. The summed E-state index contributed by atoms with van der Waals surface area (Å²) in [4.78, 5) is 30.7. The number of nitrogens with zero attached hydrogens (tertiary/aromatic N) is 3. The van der Waals surface area contributed by atoms with Gasteiger partial charge in [0, 0.05) is 70.5 Å². The molecule has 10 heteroatoms. The normalized spacial score (nSPS) is 14.7. The quantitative estimate of drug-likeness (QED) is 0.496. The second-order valence-electron chi connectivity index (χ2n) is 8.70. The first-order chi connectivity index (χ1) is 16.7. The van der Waals surface area contributed by atoms with E-state index >= 15 is 0 Å². The van der Waals surface area contributed by atoms with E-state index in [1.165, 1.54) is 4.90 Å². The summed E-state index contributed by atoms with van der Waals surface area (Å²) in [7, 11) is 3.33. The van der Waals surface area contributed by atoms with Gasteiger partial charge in [-0.15, -0.1) is 0 Å². The molecule has 0 bridgehead atoms. The van der Waals surface area contributed by atoms with Crippen LogP contribution in [0.2, 0.25) is 15.1 Å². The third kappa shape index (κ3) is 8.63. The van der Waals surface area contributed by atoms with Gasteiger partial charge in [0.25, 0.3) is 5.91 Å². The van der Waals surface area contributed by atoms with E-state index in [0.717, 1.165) is 44.8 Å². The maximum atomic E-state index is 12.8. The Morgan fingerprint density at radius 1 is 0.971 bits per heavy atom. The molecule has 3 rings (SSSR count). The zero-order valence-corrected chi connectivity index (χ0v) is 22.3. The summed E-state index contributed by atoms with van der Waals surface area (Å²) in [6.07, 6.45) is 0.